The standard InChI is InChI=1S/C32H36F2N6O/c1-20-5-11-26-29(17-20)37-32(39(3)4)38-30(26)35-21(2)23-7-9-25(10-8-23)36-31(41)24-13-15-40(16-14-24)19-22-6-12-27(33)28(34)18-22/h5-12,17-18,21,24H,13-16,19H2,1-4H3,(H,36,41)(H,35,37,38)/t21-/m0/s1. The number of hydrogen-bond donors (Lipinski definition) is 2. The van der Waals surface area contributed by atoms with E-state index < -0.39 is 11.6 Å². The number of anilines is 3. The van der Waals surface area contributed by atoms with Crippen molar-refractivity contribution in [3.63, 3.8) is 0 Å². The highest BCUT2D eigenvalue weighted by molar-refractivity contribution is 5.93. The Bertz CT molecular complexity index is 1530. The molecule has 1 atom stereocenters. The highest BCUT2D eigenvalue weighted by Crippen LogP contribution is 2.28. The molecule has 0 bridgehead atoms. The van der Waals surface area contributed by atoms with Gasteiger partial charge in [0.1, 0.15) is 5.82 Å². The minimum Gasteiger partial charge on any atom is -0.363 e. The van der Waals surface area contributed by atoms with E-state index in [2.05, 4.69) is 46.5 Å². The largest absolute Gasteiger partial charge is 0.363 e. The molecule has 0 radical (unpaired) electrons. The second-order valence-corrected chi connectivity index (χ2v) is 11.1. The summed E-state index contributed by atoms with van der Waals surface area (Å²) < 4.78 is 26.7. The summed E-state index contributed by atoms with van der Waals surface area (Å²) in [7, 11) is 3.85. The maximum absolute atomic E-state index is 13.5. The number of nitrogens with one attached hydrogen (secondary N) is 2. The number of likely N-dealkylation sites (tertiary alicyclic amines) is 1. The van der Waals surface area contributed by atoms with Gasteiger partial charge >= 0.3 is 0 Å². The molecular weight excluding hydrogens is 522 g/mol. The first-order valence-electron chi connectivity index (χ1n) is 14.0. The summed E-state index contributed by atoms with van der Waals surface area (Å²) in [5, 5.41) is 7.57. The minimum atomic E-state index is -0.837. The molecule has 214 valence electrons. The van der Waals surface area contributed by atoms with Crippen LogP contribution in [0.4, 0.5) is 26.2 Å². The number of nitrogens with zero attached hydrogens (tertiary/aromatic N) is 4. The van der Waals surface area contributed by atoms with Gasteiger partial charge in [-0.15, -0.1) is 0 Å². The molecule has 1 aliphatic rings. The van der Waals surface area contributed by atoms with E-state index in [1.165, 1.54) is 6.07 Å². The van der Waals surface area contributed by atoms with Crippen LogP contribution in [0.1, 0.15) is 42.5 Å². The molecule has 41 heavy (non-hydrogen) atoms. The highest BCUT2D eigenvalue weighted by atomic mass is 19.2. The van der Waals surface area contributed by atoms with E-state index in [4.69, 9.17) is 4.98 Å². The molecule has 9 heteroatoms. The number of hydrogen-bond acceptors (Lipinski definition) is 6. The Morgan fingerprint density at radius 2 is 1.73 bits per heavy atom. The Kier molecular flexibility index (Phi) is 8.44. The van der Waals surface area contributed by atoms with Crippen LogP contribution in [0.5, 0.6) is 0 Å². The molecule has 7 nitrogen and oxygen atoms in total. The molecule has 2 N–H and O–H groups in total. The van der Waals surface area contributed by atoms with Crippen molar-refractivity contribution in [1.82, 2.24) is 14.9 Å². The Morgan fingerprint density at radius 1 is 1.00 bits per heavy atom. The van der Waals surface area contributed by atoms with Crippen molar-refractivity contribution in [2.24, 2.45) is 5.92 Å². The molecule has 3 aromatic carbocycles. The minimum absolute atomic E-state index is 0.00960. The van der Waals surface area contributed by atoms with Crippen LogP contribution < -0.4 is 15.5 Å². The van der Waals surface area contributed by atoms with Crippen LogP contribution in [-0.2, 0) is 11.3 Å². The summed E-state index contributed by atoms with van der Waals surface area (Å²) in [4.78, 5) is 26.5. The fourth-order valence-corrected chi connectivity index (χ4v) is 5.17. The summed E-state index contributed by atoms with van der Waals surface area (Å²) in [6, 6.07) is 18.0. The first kappa shape index (κ1) is 28.4. The second-order valence-electron chi connectivity index (χ2n) is 11.1. The smallest absolute Gasteiger partial charge is 0.227 e. The fourth-order valence-electron chi connectivity index (χ4n) is 5.17. The molecular formula is C32H36F2N6O. The van der Waals surface area contributed by atoms with E-state index >= 15 is 0 Å². The molecule has 0 saturated carbocycles. The first-order chi connectivity index (χ1) is 19.7. The number of amides is 1. The monoisotopic (exact) mass is 558 g/mol. The Morgan fingerprint density at radius 3 is 2.41 bits per heavy atom. The van der Waals surface area contributed by atoms with Crippen LogP contribution >= 0.6 is 0 Å². The lowest BCUT2D eigenvalue weighted by Crippen LogP contribution is -2.37. The predicted molar refractivity (Wildman–Crippen MR) is 160 cm³/mol. The van der Waals surface area contributed by atoms with E-state index in [-0.39, 0.29) is 17.9 Å². The van der Waals surface area contributed by atoms with E-state index in [1.54, 1.807) is 6.07 Å². The normalized spacial score (nSPS) is 15.1. The average molecular weight is 559 g/mol. The van der Waals surface area contributed by atoms with Crippen LogP contribution in [0.2, 0.25) is 0 Å². The van der Waals surface area contributed by atoms with Gasteiger partial charge in [0.15, 0.2) is 11.6 Å². The summed E-state index contributed by atoms with van der Waals surface area (Å²) in [6.07, 6.45) is 1.44. The molecule has 1 fully saturated rings. The zero-order valence-electron chi connectivity index (χ0n) is 23.9. The number of aromatic nitrogens is 2. The third-order valence-corrected chi connectivity index (χ3v) is 7.62. The molecule has 0 spiro atoms. The SMILES string of the molecule is Cc1ccc2c(N[C@@H](C)c3ccc(NC(=O)C4CCN(Cc5ccc(F)c(F)c5)CC4)cc3)nc(N(C)C)nc2c1. The number of halogens is 2. The number of carbonyl (C=O) groups is 1. The van der Waals surface area contributed by atoms with Gasteiger partial charge < -0.3 is 15.5 Å². The molecule has 1 aliphatic heterocycles. The molecule has 5 rings (SSSR count). The highest BCUT2D eigenvalue weighted by Gasteiger charge is 2.25. The predicted octanol–water partition coefficient (Wildman–Crippen LogP) is 6.31. The third kappa shape index (κ3) is 6.79. The van der Waals surface area contributed by atoms with Gasteiger partial charge in [-0.25, -0.2) is 13.8 Å². The number of carbonyl (C=O) groups excluding carboxylic acids is 1. The molecule has 1 amide bonds. The van der Waals surface area contributed by atoms with Gasteiger partial charge in [-0.2, -0.15) is 4.98 Å². The van der Waals surface area contributed by atoms with Gasteiger partial charge in [0.05, 0.1) is 5.52 Å². The first-order valence-corrected chi connectivity index (χ1v) is 14.0. The number of fused-ring (bicyclic) bond motifs is 1. The van der Waals surface area contributed by atoms with E-state index in [9.17, 15) is 13.6 Å². The van der Waals surface area contributed by atoms with E-state index in [1.807, 2.05) is 49.3 Å². The summed E-state index contributed by atoms with van der Waals surface area (Å²) >= 11 is 0. The van der Waals surface area contributed by atoms with Gasteiger partial charge in [0.25, 0.3) is 0 Å². The number of aryl methyl sites for hydroxylation is 1. The number of benzene rings is 3. The molecule has 4 aromatic rings. The number of piperidine rings is 1. The quantitative estimate of drug-likeness (QED) is 0.264. The van der Waals surface area contributed by atoms with Gasteiger partial charge in [-0.05, 0) is 92.9 Å². The van der Waals surface area contributed by atoms with Crippen molar-refractivity contribution in [2.75, 3.05) is 42.7 Å². The average Bonchev–Trinajstić information content (AvgIpc) is 2.95. The molecule has 2 heterocycles. The van der Waals surface area contributed by atoms with Gasteiger partial charge in [0, 0.05) is 43.7 Å². The summed E-state index contributed by atoms with van der Waals surface area (Å²) in [5.41, 5.74) is 4.60. The Balaban J connectivity index is 1.17. The van der Waals surface area contributed by atoms with Crippen LogP contribution in [0.25, 0.3) is 10.9 Å². The van der Waals surface area contributed by atoms with Gasteiger partial charge in [-0.3, -0.25) is 9.69 Å². The van der Waals surface area contributed by atoms with Gasteiger partial charge in [-0.1, -0.05) is 24.3 Å². The van der Waals surface area contributed by atoms with Crippen LogP contribution in [0.15, 0.2) is 60.7 Å². The lowest BCUT2D eigenvalue weighted by molar-refractivity contribution is -0.121. The Hall–Kier alpha value is -4.11. The van der Waals surface area contributed by atoms with Crippen molar-refractivity contribution >= 4 is 34.3 Å². The zero-order chi connectivity index (χ0) is 29.1. The fraction of sp³-hybridized carbons (Fsp3) is 0.344. The number of rotatable bonds is 8. The maximum Gasteiger partial charge on any atom is 0.227 e. The van der Waals surface area contributed by atoms with Crippen molar-refractivity contribution < 1.29 is 13.6 Å². The van der Waals surface area contributed by atoms with E-state index in [0.29, 0.717) is 12.5 Å². The zero-order valence-corrected chi connectivity index (χ0v) is 23.9. The van der Waals surface area contributed by atoms with Crippen LogP contribution in [0.3, 0.4) is 0 Å². The van der Waals surface area contributed by atoms with Gasteiger partial charge in [0.2, 0.25) is 11.9 Å². The lowest BCUT2D eigenvalue weighted by atomic mass is 9.95. The van der Waals surface area contributed by atoms with Crippen molar-refractivity contribution in [2.45, 2.75) is 39.3 Å². The Labute approximate surface area is 239 Å². The lowest BCUT2D eigenvalue weighted by Gasteiger charge is -2.31. The van der Waals surface area contributed by atoms with Crippen LogP contribution in [0, 0.1) is 24.5 Å². The topological polar surface area (TPSA) is 73.4 Å². The third-order valence-electron chi connectivity index (χ3n) is 7.62. The second kappa shape index (κ2) is 12.2. The summed E-state index contributed by atoms with van der Waals surface area (Å²) in [6.45, 7) is 6.13. The molecule has 1 saturated heterocycles. The summed E-state index contributed by atoms with van der Waals surface area (Å²) in [5.74, 6) is -0.321. The molecule has 1 aromatic heterocycles. The van der Waals surface area contributed by atoms with Crippen LogP contribution in [-0.4, -0.2) is 48.0 Å². The van der Waals surface area contributed by atoms with Crippen molar-refractivity contribution in [3.8, 4) is 0 Å². The van der Waals surface area contributed by atoms with Crippen molar-refractivity contribution in [3.05, 3.63) is 89.0 Å². The molecule has 0 unspecified atom stereocenters. The van der Waals surface area contributed by atoms with Crippen molar-refractivity contribution in [1.29, 1.82) is 0 Å². The van der Waals surface area contributed by atoms with E-state index in [0.717, 1.165) is 71.1 Å². The maximum atomic E-state index is 13.5. The molecule has 0 aliphatic carbocycles.